The van der Waals surface area contributed by atoms with Crippen molar-refractivity contribution in [3.8, 4) is 0 Å². The summed E-state index contributed by atoms with van der Waals surface area (Å²) in [5.74, 6) is 1.02. The monoisotopic (exact) mass is 222 g/mol. The molecule has 0 spiro atoms. The molecule has 3 rings (SSSR count). The third kappa shape index (κ3) is 2.14. The first-order chi connectivity index (χ1) is 7.88. The maximum atomic E-state index is 3.99. The molecule has 0 aromatic carbocycles. The number of hydrogen-bond donors (Lipinski definition) is 1. The van der Waals surface area contributed by atoms with Crippen LogP contribution in [0.2, 0.25) is 0 Å². The summed E-state index contributed by atoms with van der Waals surface area (Å²) in [5, 5.41) is 3.99. The van der Waals surface area contributed by atoms with E-state index in [1.165, 1.54) is 58.0 Å². The molecule has 1 N–H and O–H groups in total. The van der Waals surface area contributed by atoms with Crippen molar-refractivity contribution < 1.29 is 0 Å². The summed E-state index contributed by atoms with van der Waals surface area (Å²) in [6, 6.07) is 2.51. The van der Waals surface area contributed by atoms with Crippen molar-refractivity contribution in [3.05, 3.63) is 0 Å². The fourth-order valence-corrected chi connectivity index (χ4v) is 3.80. The number of fused-ring (bicyclic) bond motifs is 1. The molecular weight excluding hydrogens is 196 g/mol. The Morgan fingerprint density at radius 2 is 2.00 bits per heavy atom. The smallest absolute Gasteiger partial charge is 0.0249 e. The van der Waals surface area contributed by atoms with Crippen molar-refractivity contribution in [1.29, 1.82) is 0 Å². The third-order valence-corrected chi connectivity index (χ3v) is 4.92. The second-order valence-electron chi connectivity index (χ2n) is 6.01. The molecule has 2 heteroatoms. The third-order valence-electron chi connectivity index (χ3n) is 4.92. The van der Waals surface area contributed by atoms with Crippen LogP contribution in [0, 0.1) is 5.92 Å². The van der Waals surface area contributed by atoms with Gasteiger partial charge in [0.1, 0.15) is 0 Å². The summed E-state index contributed by atoms with van der Waals surface area (Å²) in [4.78, 5) is 2.74. The van der Waals surface area contributed by atoms with Crippen LogP contribution in [0.5, 0.6) is 0 Å². The molecule has 0 aromatic rings. The van der Waals surface area contributed by atoms with Crippen LogP contribution in [0.4, 0.5) is 0 Å². The highest BCUT2D eigenvalue weighted by molar-refractivity contribution is 4.97. The van der Waals surface area contributed by atoms with Crippen molar-refractivity contribution in [1.82, 2.24) is 10.2 Å². The van der Waals surface area contributed by atoms with E-state index in [-0.39, 0.29) is 0 Å². The molecule has 0 bridgehead atoms. The predicted molar refractivity (Wildman–Crippen MR) is 67.6 cm³/mol. The normalized spacial score (nSPS) is 37.3. The maximum absolute atomic E-state index is 3.99. The number of nitrogens with zero attached hydrogens (tertiary/aromatic N) is 1. The Morgan fingerprint density at radius 1 is 1.12 bits per heavy atom. The van der Waals surface area contributed by atoms with Gasteiger partial charge in [0.05, 0.1) is 0 Å². The van der Waals surface area contributed by atoms with Crippen molar-refractivity contribution >= 4 is 0 Å². The fourth-order valence-electron chi connectivity index (χ4n) is 3.80. The molecule has 1 saturated carbocycles. The van der Waals surface area contributed by atoms with Crippen LogP contribution >= 0.6 is 0 Å². The highest BCUT2D eigenvalue weighted by Crippen LogP contribution is 2.35. The average Bonchev–Trinajstić information content (AvgIpc) is 3.08. The molecule has 92 valence electrons. The van der Waals surface area contributed by atoms with Gasteiger partial charge in [0.25, 0.3) is 0 Å². The van der Waals surface area contributed by atoms with E-state index in [0.29, 0.717) is 0 Å². The highest BCUT2D eigenvalue weighted by Gasteiger charge is 2.38. The summed E-state index contributed by atoms with van der Waals surface area (Å²) in [5.41, 5.74) is 0. The zero-order chi connectivity index (χ0) is 11.0. The van der Waals surface area contributed by atoms with Gasteiger partial charge in [-0.25, -0.2) is 0 Å². The zero-order valence-corrected chi connectivity index (χ0v) is 10.6. The number of rotatable bonds is 4. The van der Waals surface area contributed by atoms with Crippen LogP contribution < -0.4 is 5.32 Å². The van der Waals surface area contributed by atoms with Crippen LogP contribution in [0.3, 0.4) is 0 Å². The van der Waals surface area contributed by atoms with Gasteiger partial charge in [-0.1, -0.05) is 13.3 Å². The Bertz CT molecular complexity index is 237. The molecule has 2 nitrogen and oxygen atoms in total. The van der Waals surface area contributed by atoms with Gasteiger partial charge in [0.2, 0.25) is 0 Å². The minimum Gasteiger partial charge on any atom is -0.309 e. The second-order valence-corrected chi connectivity index (χ2v) is 6.01. The lowest BCUT2D eigenvalue weighted by Crippen LogP contribution is -2.48. The van der Waals surface area contributed by atoms with Crippen molar-refractivity contribution in [2.45, 2.75) is 70.0 Å². The van der Waals surface area contributed by atoms with E-state index in [0.717, 1.165) is 24.0 Å². The quantitative estimate of drug-likeness (QED) is 0.786. The van der Waals surface area contributed by atoms with Gasteiger partial charge < -0.3 is 5.32 Å². The van der Waals surface area contributed by atoms with Crippen molar-refractivity contribution in [2.75, 3.05) is 13.1 Å². The molecule has 0 aromatic heterocycles. The number of hydrogen-bond acceptors (Lipinski definition) is 2. The summed E-state index contributed by atoms with van der Waals surface area (Å²) in [6.07, 6.45) is 10.0. The Kier molecular flexibility index (Phi) is 3.21. The van der Waals surface area contributed by atoms with Gasteiger partial charge in [-0.3, -0.25) is 4.90 Å². The molecule has 3 aliphatic rings. The lowest BCUT2D eigenvalue weighted by Gasteiger charge is -2.34. The van der Waals surface area contributed by atoms with E-state index in [2.05, 4.69) is 17.1 Å². The SMILES string of the molecule is CCC(NC1CCN2CCCCC12)C1CC1. The van der Waals surface area contributed by atoms with Crippen LogP contribution in [0.25, 0.3) is 0 Å². The first kappa shape index (κ1) is 11.0. The van der Waals surface area contributed by atoms with E-state index < -0.39 is 0 Å². The summed E-state index contributed by atoms with van der Waals surface area (Å²) >= 11 is 0. The molecule has 3 unspecified atom stereocenters. The molecule has 2 aliphatic heterocycles. The number of nitrogens with one attached hydrogen (secondary N) is 1. The molecule has 16 heavy (non-hydrogen) atoms. The standard InChI is InChI=1S/C14H26N2/c1-2-12(11-6-7-11)15-13-8-10-16-9-4-3-5-14(13)16/h11-15H,2-10H2,1H3. The van der Waals surface area contributed by atoms with Crippen LogP contribution in [0.1, 0.15) is 51.9 Å². The fraction of sp³-hybridized carbons (Fsp3) is 1.00. The largest absolute Gasteiger partial charge is 0.309 e. The van der Waals surface area contributed by atoms with Crippen LogP contribution in [0.15, 0.2) is 0 Å². The Balaban J connectivity index is 1.57. The van der Waals surface area contributed by atoms with E-state index in [1.54, 1.807) is 0 Å². The molecule has 3 fully saturated rings. The van der Waals surface area contributed by atoms with Gasteiger partial charge in [0.15, 0.2) is 0 Å². The minimum absolute atomic E-state index is 0.811. The molecule has 2 saturated heterocycles. The first-order valence-electron chi connectivity index (χ1n) is 7.38. The van der Waals surface area contributed by atoms with Gasteiger partial charge >= 0.3 is 0 Å². The van der Waals surface area contributed by atoms with Gasteiger partial charge in [-0.15, -0.1) is 0 Å². The topological polar surface area (TPSA) is 15.3 Å². The summed E-state index contributed by atoms with van der Waals surface area (Å²) < 4.78 is 0. The second kappa shape index (κ2) is 4.66. The van der Waals surface area contributed by atoms with E-state index >= 15 is 0 Å². The molecule has 1 aliphatic carbocycles. The zero-order valence-electron chi connectivity index (χ0n) is 10.6. The predicted octanol–water partition coefficient (Wildman–Crippen LogP) is 2.39. The van der Waals surface area contributed by atoms with Gasteiger partial charge in [-0.2, -0.15) is 0 Å². The van der Waals surface area contributed by atoms with Crippen molar-refractivity contribution in [3.63, 3.8) is 0 Å². The lowest BCUT2D eigenvalue weighted by molar-refractivity contribution is 0.174. The molecule has 0 amide bonds. The molecule has 3 atom stereocenters. The Hall–Kier alpha value is -0.0800. The summed E-state index contributed by atoms with van der Waals surface area (Å²) in [6.45, 7) is 5.07. The van der Waals surface area contributed by atoms with Crippen LogP contribution in [-0.2, 0) is 0 Å². The molecule has 2 heterocycles. The molecular formula is C14H26N2. The van der Waals surface area contributed by atoms with E-state index in [4.69, 9.17) is 0 Å². The lowest BCUT2D eigenvalue weighted by atomic mass is 9.97. The van der Waals surface area contributed by atoms with E-state index in [9.17, 15) is 0 Å². The summed E-state index contributed by atoms with van der Waals surface area (Å²) in [7, 11) is 0. The van der Waals surface area contributed by atoms with Gasteiger partial charge in [0, 0.05) is 24.7 Å². The Morgan fingerprint density at radius 3 is 2.75 bits per heavy atom. The van der Waals surface area contributed by atoms with Gasteiger partial charge in [-0.05, 0) is 51.0 Å². The first-order valence-corrected chi connectivity index (χ1v) is 7.38. The minimum atomic E-state index is 0.811. The van der Waals surface area contributed by atoms with Crippen molar-refractivity contribution in [2.24, 2.45) is 5.92 Å². The average molecular weight is 222 g/mol. The Labute approximate surface area is 99.8 Å². The van der Waals surface area contributed by atoms with E-state index in [1.807, 2.05) is 0 Å². The number of piperidine rings is 1. The molecule has 0 radical (unpaired) electrons. The van der Waals surface area contributed by atoms with Crippen LogP contribution in [-0.4, -0.2) is 36.1 Å². The highest BCUT2D eigenvalue weighted by atomic mass is 15.2. The maximum Gasteiger partial charge on any atom is 0.0249 e.